The largest absolute Gasteiger partial charge is 0.487 e. The molecule has 0 aliphatic heterocycles. The van der Waals surface area contributed by atoms with E-state index >= 15 is 0 Å². The number of aryl methyl sites for hydroxylation is 1. The molecule has 0 aliphatic rings. The molecule has 0 saturated heterocycles. The molecule has 0 saturated carbocycles. The van der Waals surface area contributed by atoms with E-state index in [1.165, 1.54) is 24.3 Å². The monoisotopic (exact) mass is 558 g/mol. The molecule has 3 aromatic carbocycles. The van der Waals surface area contributed by atoms with Gasteiger partial charge in [-0.05, 0) is 55.3 Å². The van der Waals surface area contributed by atoms with E-state index in [0.717, 1.165) is 17.7 Å². The molecule has 4 aromatic rings. The third-order valence-electron chi connectivity index (χ3n) is 5.94. The Hall–Kier alpha value is -4.38. The van der Waals surface area contributed by atoms with Gasteiger partial charge >= 0.3 is 6.18 Å². The fourth-order valence-electron chi connectivity index (χ4n) is 3.87. The minimum Gasteiger partial charge on any atom is -0.487 e. The Morgan fingerprint density at radius 3 is 2.44 bits per heavy atom. The highest BCUT2D eigenvalue weighted by Crippen LogP contribution is 2.31. The van der Waals surface area contributed by atoms with E-state index in [9.17, 15) is 28.1 Å². The fourth-order valence-corrected chi connectivity index (χ4v) is 4.10. The molecule has 0 bridgehead atoms. The number of benzene rings is 3. The zero-order chi connectivity index (χ0) is 28.3. The predicted molar refractivity (Wildman–Crippen MR) is 139 cm³/mol. The van der Waals surface area contributed by atoms with E-state index in [1.807, 2.05) is 0 Å². The number of carbonyl (C=O) groups is 1. The van der Waals surface area contributed by atoms with Gasteiger partial charge in [0.15, 0.2) is 0 Å². The number of halogens is 4. The zero-order valence-electron chi connectivity index (χ0n) is 20.8. The lowest BCUT2D eigenvalue weighted by Gasteiger charge is -2.11. The van der Waals surface area contributed by atoms with Crippen LogP contribution >= 0.6 is 11.6 Å². The average molecular weight is 559 g/mol. The second kappa shape index (κ2) is 11.2. The quantitative estimate of drug-likeness (QED) is 0.186. The fraction of sp³-hybridized carbons (Fsp3) is 0.185. The summed E-state index contributed by atoms with van der Waals surface area (Å²) in [6.07, 6.45) is -4.44. The van der Waals surface area contributed by atoms with E-state index in [4.69, 9.17) is 16.3 Å². The number of nitrogens with one attached hydrogen (secondary N) is 1. The van der Waals surface area contributed by atoms with Gasteiger partial charge in [0, 0.05) is 17.7 Å². The minimum absolute atomic E-state index is 0.111. The number of aromatic nitrogens is 2. The van der Waals surface area contributed by atoms with Crippen LogP contribution in [-0.4, -0.2) is 20.6 Å². The van der Waals surface area contributed by atoms with Crippen molar-refractivity contribution in [3.8, 4) is 5.75 Å². The van der Waals surface area contributed by atoms with Gasteiger partial charge in [-0.15, -0.1) is 0 Å². The van der Waals surface area contributed by atoms with Crippen LogP contribution in [0.2, 0.25) is 5.02 Å². The molecule has 0 spiro atoms. The van der Waals surface area contributed by atoms with Crippen molar-refractivity contribution in [2.24, 2.45) is 0 Å². The van der Waals surface area contributed by atoms with E-state index in [0.29, 0.717) is 28.2 Å². The van der Waals surface area contributed by atoms with Crippen LogP contribution < -0.4 is 10.1 Å². The molecule has 1 aromatic heterocycles. The number of non-ortho nitro benzene ring substituents is 1. The summed E-state index contributed by atoms with van der Waals surface area (Å²) in [5.41, 5.74) is 2.27. The molecule has 202 valence electrons. The van der Waals surface area contributed by atoms with Gasteiger partial charge in [0.2, 0.25) is 0 Å². The van der Waals surface area contributed by atoms with Crippen LogP contribution in [0.25, 0.3) is 0 Å². The maximum absolute atomic E-state index is 13.1. The maximum Gasteiger partial charge on any atom is 0.416 e. The zero-order valence-corrected chi connectivity index (χ0v) is 21.5. The lowest BCUT2D eigenvalue weighted by atomic mass is 10.1. The first-order valence-electron chi connectivity index (χ1n) is 11.6. The summed E-state index contributed by atoms with van der Waals surface area (Å²) < 4.78 is 46.3. The molecule has 39 heavy (non-hydrogen) atoms. The Bertz CT molecular complexity index is 1540. The second-order valence-electron chi connectivity index (χ2n) is 8.71. The van der Waals surface area contributed by atoms with Crippen molar-refractivity contribution in [1.82, 2.24) is 9.78 Å². The summed E-state index contributed by atoms with van der Waals surface area (Å²) in [6, 6.07) is 15.6. The predicted octanol–water partition coefficient (Wildman–Crippen LogP) is 6.96. The number of amides is 1. The molecule has 0 aliphatic carbocycles. The van der Waals surface area contributed by atoms with Crippen molar-refractivity contribution in [1.29, 1.82) is 0 Å². The Balaban J connectivity index is 1.41. The molecule has 1 N–H and O–H groups in total. The number of anilines is 1. The number of nitro benzene ring substituents is 1. The smallest absolute Gasteiger partial charge is 0.416 e. The number of rotatable bonds is 8. The molecule has 0 atom stereocenters. The first-order valence-corrected chi connectivity index (χ1v) is 12.0. The molecule has 0 fully saturated rings. The standard InChI is InChI=1S/C27H22ClF3N4O4/c1-16-25(17(2)34(33-16)14-19-4-3-5-21(12-19)27(29,30)31)32-26(36)20-8-6-18(7-9-20)15-39-24-11-10-22(35(37)38)13-23(24)28/h3-13H,14-15H2,1-2H3,(H,32,36). The first-order chi connectivity index (χ1) is 18.4. The van der Waals surface area contributed by atoms with Crippen LogP contribution in [0.5, 0.6) is 5.75 Å². The van der Waals surface area contributed by atoms with Gasteiger partial charge in [0.05, 0.1) is 39.1 Å². The van der Waals surface area contributed by atoms with Gasteiger partial charge in [0.1, 0.15) is 12.4 Å². The number of hydrogen-bond acceptors (Lipinski definition) is 5. The van der Waals surface area contributed by atoms with Crippen molar-refractivity contribution in [3.63, 3.8) is 0 Å². The number of carbonyl (C=O) groups excluding carboxylic acids is 1. The summed E-state index contributed by atoms with van der Waals surface area (Å²) >= 11 is 6.05. The van der Waals surface area contributed by atoms with Gasteiger partial charge in [0.25, 0.3) is 11.6 Å². The lowest BCUT2D eigenvalue weighted by molar-refractivity contribution is -0.384. The number of ether oxygens (including phenoxy) is 1. The Morgan fingerprint density at radius 1 is 1.08 bits per heavy atom. The Labute approximate surface area is 226 Å². The van der Waals surface area contributed by atoms with E-state index in [2.05, 4.69) is 10.4 Å². The topological polar surface area (TPSA) is 99.3 Å². The number of hydrogen-bond donors (Lipinski definition) is 1. The molecule has 0 radical (unpaired) electrons. The minimum atomic E-state index is -4.44. The average Bonchev–Trinajstić information content (AvgIpc) is 3.15. The van der Waals surface area contributed by atoms with Gasteiger partial charge < -0.3 is 10.1 Å². The van der Waals surface area contributed by atoms with Crippen LogP contribution in [0, 0.1) is 24.0 Å². The van der Waals surface area contributed by atoms with Crippen molar-refractivity contribution >= 4 is 28.9 Å². The van der Waals surface area contributed by atoms with E-state index in [1.54, 1.807) is 48.9 Å². The Kier molecular flexibility index (Phi) is 7.91. The van der Waals surface area contributed by atoms with Crippen molar-refractivity contribution in [2.45, 2.75) is 33.2 Å². The molecular formula is C27H22ClF3N4O4. The van der Waals surface area contributed by atoms with Crippen molar-refractivity contribution < 1.29 is 27.6 Å². The second-order valence-corrected chi connectivity index (χ2v) is 9.12. The van der Waals surface area contributed by atoms with Gasteiger partial charge in [-0.2, -0.15) is 18.3 Å². The van der Waals surface area contributed by atoms with Crippen molar-refractivity contribution in [3.05, 3.63) is 116 Å². The van der Waals surface area contributed by atoms with Crippen LogP contribution in [0.1, 0.15) is 38.4 Å². The normalized spacial score (nSPS) is 11.3. The SMILES string of the molecule is Cc1nn(Cc2cccc(C(F)(F)F)c2)c(C)c1NC(=O)c1ccc(COc2ccc([N+](=O)[O-])cc2Cl)cc1. The van der Waals surface area contributed by atoms with Gasteiger partial charge in [-0.1, -0.05) is 35.9 Å². The summed E-state index contributed by atoms with van der Waals surface area (Å²) in [4.78, 5) is 23.2. The molecule has 8 nitrogen and oxygen atoms in total. The first kappa shape index (κ1) is 27.6. The third-order valence-corrected chi connectivity index (χ3v) is 6.24. The molecular weight excluding hydrogens is 537 g/mol. The van der Waals surface area contributed by atoms with Crippen LogP contribution in [-0.2, 0) is 19.3 Å². The van der Waals surface area contributed by atoms with Crippen LogP contribution in [0.15, 0.2) is 66.7 Å². The molecule has 12 heteroatoms. The van der Waals surface area contributed by atoms with E-state index < -0.39 is 16.7 Å². The Morgan fingerprint density at radius 2 is 1.79 bits per heavy atom. The summed E-state index contributed by atoms with van der Waals surface area (Å²) in [7, 11) is 0. The molecule has 1 amide bonds. The summed E-state index contributed by atoms with van der Waals surface area (Å²) in [5.74, 6) is -0.0946. The highest BCUT2D eigenvalue weighted by Gasteiger charge is 2.30. The number of nitro groups is 1. The summed E-state index contributed by atoms with van der Waals surface area (Å²) in [6.45, 7) is 3.67. The highest BCUT2D eigenvalue weighted by molar-refractivity contribution is 6.32. The van der Waals surface area contributed by atoms with Gasteiger partial charge in [-0.3, -0.25) is 19.6 Å². The third kappa shape index (κ3) is 6.55. The van der Waals surface area contributed by atoms with E-state index in [-0.39, 0.29) is 35.5 Å². The van der Waals surface area contributed by atoms with Crippen LogP contribution in [0.4, 0.5) is 24.5 Å². The number of alkyl halides is 3. The van der Waals surface area contributed by atoms with Crippen molar-refractivity contribution in [2.75, 3.05) is 5.32 Å². The highest BCUT2D eigenvalue weighted by atomic mass is 35.5. The summed E-state index contributed by atoms with van der Waals surface area (Å²) in [5, 5.41) is 18.2. The van der Waals surface area contributed by atoms with Crippen LogP contribution in [0.3, 0.4) is 0 Å². The molecule has 4 rings (SSSR count). The molecule has 0 unspecified atom stereocenters. The lowest BCUT2D eigenvalue weighted by Crippen LogP contribution is -2.13. The maximum atomic E-state index is 13.1. The molecule has 1 heterocycles. The number of nitrogens with zero attached hydrogens (tertiary/aromatic N) is 3. The van der Waals surface area contributed by atoms with Gasteiger partial charge in [-0.25, -0.2) is 0 Å².